The maximum Gasteiger partial charge on any atom is 0.312 e. The molecule has 0 saturated carbocycles. The summed E-state index contributed by atoms with van der Waals surface area (Å²) >= 11 is 0. The first-order valence-corrected chi connectivity index (χ1v) is 6.05. The van der Waals surface area contributed by atoms with Gasteiger partial charge in [0.2, 0.25) is 0 Å². The minimum Gasteiger partial charge on any atom is -0.466 e. The molecule has 92 valence electrons. The molecule has 0 aliphatic carbocycles. The molecular formula is C14H24O2. The van der Waals surface area contributed by atoms with Gasteiger partial charge < -0.3 is 4.74 Å². The monoisotopic (exact) mass is 224 g/mol. The van der Waals surface area contributed by atoms with Crippen molar-refractivity contribution in [3.63, 3.8) is 0 Å². The lowest BCUT2D eigenvalue weighted by Gasteiger charge is -2.29. The molecule has 1 unspecified atom stereocenters. The lowest BCUT2D eigenvalue weighted by Crippen LogP contribution is -2.32. The minimum atomic E-state index is -0.374. The van der Waals surface area contributed by atoms with E-state index in [1.54, 1.807) is 0 Å². The lowest BCUT2D eigenvalue weighted by atomic mass is 9.77. The van der Waals surface area contributed by atoms with E-state index < -0.39 is 0 Å². The minimum absolute atomic E-state index is 0.0820. The summed E-state index contributed by atoms with van der Waals surface area (Å²) in [6.07, 6.45) is 7.96. The summed E-state index contributed by atoms with van der Waals surface area (Å²) in [5, 5.41) is 0. The predicted octanol–water partition coefficient (Wildman–Crippen LogP) is 3.88. The number of ether oxygens (including phenoxy) is 1. The Labute approximate surface area is 99.4 Å². The van der Waals surface area contributed by atoms with Gasteiger partial charge in [-0.15, -0.1) is 13.2 Å². The second-order valence-electron chi connectivity index (χ2n) is 4.03. The van der Waals surface area contributed by atoms with E-state index in [-0.39, 0.29) is 11.4 Å². The van der Waals surface area contributed by atoms with Crippen LogP contribution >= 0.6 is 0 Å². The molecule has 0 aromatic heterocycles. The van der Waals surface area contributed by atoms with Gasteiger partial charge in [-0.25, -0.2) is 0 Å². The maximum absolute atomic E-state index is 12.0. The molecule has 0 aromatic carbocycles. The molecule has 16 heavy (non-hydrogen) atoms. The van der Waals surface area contributed by atoms with Crippen LogP contribution in [0.2, 0.25) is 0 Å². The van der Waals surface area contributed by atoms with Gasteiger partial charge in [-0.3, -0.25) is 4.79 Å². The average molecular weight is 224 g/mol. The van der Waals surface area contributed by atoms with Crippen molar-refractivity contribution in [3.8, 4) is 0 Å². The van der Waals surface area contributed by atoms with Crippen LogP contribution < -0.4 is 0 Å². The van der Waals surface area contributed by atoms with E-state index in [0.717, 1.165) is 25.7 Å². The highest BCUT2D eigenvalue weighted by Crippen LogP contribution is 2.34. The van der Waals surface area contributed by atoms with Gasteiger partial charge in [0.25, 0.3) is 0 Å². The number of rotatable bonds is 9. The molecule has 0 aromatic rings. The zero-order valence-corrected chi connectivity index (χ0v) is 10.6. The summed E-state index contributed by atoms with van der Waals surface area (Å²) in [6.45, 7) is 11.8. The molecule has 0 aliphatic rings. The molecule has 1 atom stereocenters. The van der Waals surface area contributed by atoms with Crippen LogP contribution in [0.4, 0.5) is 0 Å². The second kappa shape index (κ2) is 8.14. The number of unbranched alkanes of at least 4 members (excludes halogenated alkanes) is 1. The van der Waals surface area contributed by atoms with Crippen LogP contribution in [0.25, 0.3) is 0 Å². The van der Waals surface area contributed by atoms with E-state index in [0.29, 0.717) is 13.0 Å². The van der Waals surface area contributed by atoms with E-state index in [1.807, 2.05) is 26.0 Å². The van der Waals surface area contributed by atoms with Crippen LogP contribution in [0.1, 0.15) is 46.0 Å². The summed E-state index contributed by atoms with van der Waals surface area (Å²) in [4.78, 5) is 12.0. The van der Waals surface area contributed by atoms with Crippen LogP contribution in [0.3, 0.4) is 0 Å². The lowest BCUT2D eigenvalue weighted by molar-refractivity contribution is -0.156. The van der Waals surface area contributed by atoms with Gasteiger partial charge in [0.05, 0.1) is 12.0 Å². The van der Waals surface area contributed by atoms with E-state index in [4.69, 9.17) is 4.74 Å². The third-order valence-corrected chi connectivity index (χ3v) is 2.98. The molecule has 0 radical (unpaired) electrons. The molecule has 0 heterocycles. The standard InChI is InChI=1S/C14H24O2/c1-5-9-10-12-14(7-3,11-6-2)13(15)16-8-4/h5-6H,1-2,7-12H2,3-4H3. The normalized spacial score (nSPS) is 13.9. The summed E-state index contributed by atoms with van der Waals surface area (Å²) in [5.74, 6) is -0.0820. The molecule has 0 N–H and O–H groups in total. The molecule has 2 nitrogen and oxygen atoms in total. The molecule has 0 aliphatic heterocycles. The van der Waals surface area contributed by atoms with Crippen molar-refractivity contribution < 1.29 is 9.53 Å². The molecule has 0 fully saturated rings. The van der Waals surface area contributed by atoms with Crippen molar-refractivity contribution in [2.75, 3.05) is 6.61 Å². The highest BCUT2D eigenvalue weighted by molar-refractivity contribution is 5.77. The van der Waals surface area contributed by atoms with Gasteiger partial charge >= 0.3 is 5.97 Å². The van der Waals surface area contributed by atoms with Crippen molar-refractivity contribution in [1.82, 2.24) is 0 Å². The number of carbonyl (C=O) groups is 1. The van der Waals surface area contributed by atoms with Crippen molar-refractivity contribution in [3.05, 3.63) is 25.3 Å². The van der Waals surface area contributed by atoms with Gasteiger partial charge in [0.15, 0.2) is 0 Å². The van der Waals surface area contributed by atoms with Crippen LogP contribution in [0.5, 0.6) is 0 Å². The fourth-order valence-corrected chi connectivity index (χ4v) is 1.90. The van der Waals surface area contributed by atoms with Crippen molar-refractivity contribution in [2.24, 2.45) is 5.41 Å². The van der Waals surface area contributed by atoms with Gasteiger partial charge in [-0.1, -0.05) is 19.1 Å². The fourth-order valence-electron chi connectivity index (χ4n) is 1.90. The van der Waals surface area contributed by atoms with Gasteiger partial charge in [0.1, 0.15) is 0 Å². The Kier molecular flexibility index (Phi) is 7.61. The number of carbonyl (C=O) groups excluding carboxylic acids is 1. The zero-order chi connectivity index (χ0) is 12.4. The Balaban J connectivity index is 4.61. The highest BCUT2D eigenvalue weighted by Gasteiger charge is 2.36. The Bertz CT molecular complexity index is 233. The maximum atomic E-state index is 12.0. The molecule has 0 amide bonds. The van der Waals surface area contributed by atoms with Crippen LogP contribution in [-0.2, 0) is 9.53 Å². The smallest absolute Gasteiger partial charge is 0.312 e. The zero-order valence-electron chi connectivity index (χ0n) is 10.6. The summed E-state index contributed by atoms with van der Waals surface area (Å²) in [5.41, 5.74) is -0.374. The Morgan fingerprint density at radius 3 is 2.44 bits per heavy atom. The highest BCUT2D eigenvalue weighted by atomic mass is 16.5. The first kappa shape index (κ1) is 14.9. The molecule has 0 saturated heterocycles. The SMILES string of the molecule is C=CCCCC(CC)(CC=C)C(=O)OCC. The van der Waals surface area contributed by atoms with Gasteiger partial charge in [0, 0.05) is 0 Å². The first-order chi connectivity index (χ1) is 7.66. The Morgan fingerprint density at radius 2 is 2.00 bits per heavy atom. The quantitative estimate of drug-likeness (QED) is 0.337. The van der Waals surface area contributed by atoms with Crippen LogP contribution in [0.15, 0.2) is 25.3 Å². The molecular weight excluding hydrogens is 200 g/mol. The topological polar surface area (TPSA) is 26.3 Å². The van der Waals surface area contributed by atoms with Crippen molar-refractivity contribution in [1.29, 1.82) is 0 Å². The summed E-state index contributed by atoms with van der Waals surface area (Å²) in [7, 11) is 0. The van der Waals surface area contributed by atoms with Crippen molar-refractivity contribution in [2.45, 2.75) is 46.0 Å². The third kappa shape index (κ3) is 4.21. The average Bonchev–Trinajstić information content (AvgIpc) is 2.28. The van der Waals surface area contributed by atoms with E-state index >= 15 is 0 Å². The second-order valence-corrected chi connectivity index (χ2v) is 4.03. The third-order valence-electron chi connectivity index (χ3n) is 2.98. The molecule has 2 heteroatoms. The Hall–Kier alpha value is -1.05. The van der Waals surface area contributed by atoms with Crippen LogP contribution in [-0.4, -0.2) is 12.6 Å². The fraction of sp³-hybridized carbons (Fsp3) is 0.643. The first-order valence-electron chi connectivity index (χ1n) is 6.05. The van der Waals surface area contributed by atoms with E-state index in [9.17, 15) is 4.79 Å². The van der Waals surface area contributed by atoms with E-state index in [1.165, 1.54) is 0 Å². The van der Waals surface area contributed by atoms with Crippen LogP contribution in [0, 0.1) is 5.41 Å². The molecule has 0 rings (SSSR count). The number of hydrogen-bond acceptors (Lipinski definition) is 2. The number of esters is 1. The summed E-state index contributed by atoms with van der Waals surface area (Å²) in [6, 6.07) is 0. The largest absolute Gasteiger partial charge is 0.466 e. The summed E-state index contributed by atoms with van der Waals surface area (Å²) < 4.78 is 5.17. The van der Waals surface area contributed by atoms with Gasteiger partial charge in [-0.2, -0.15) is 0 Å². The van der Waals surface area contributed by atoms with Gasteiger partial charge in [-0.05, 0) is 39.0 Å². The predicted molar refractivity (Wildman–Crippen MR) is 68.2 cm³/mol. The van der Waals surface area contributed by atoms with Crippen molar-refractivity contribution >= 4 is 5.97 Å². The Morgan fingerprint density at radius 1 is 1.31 bits per heavy atom. The van der Waals surface area contributed by atoms with E-state index in [2.05, 4.69) is 13.2 Å². The molecule has 0 bridgehead atoms. The number of hydrogen-bond donors (Lipinski definition) is 0. The number of allylic oxidation sites excluding steroid dienone is 2. The molecule has 0 spiro atoms.